The van der Waals surface area contributed by atoms with Crippen molar-refractivity contribution in [3.8, 4) is 0 Å². The van der Waals surface area contributed by atoms with Gasteiger partial charge < -0.3 is 0 Å². The van der Waals surface area contributed by atoms with Crippen LogP contribution in [0.4, 0.5) is 0 Å². The third kappa shape index (κ3) is 7.52. The minimum atomic E-state index is 0.682. The molecule has 2 aromatic rings. The third-order valence-electron chi connectivity index (χ3n) is 6.99. The van der Waals surface area contributed by atoms with Crippen LogP contribution in [0.1, 0.15) is 113 Å². The first-order chi connectivity index (χ1) is 14.8. The minimum absolute atomic E-state index is 0.682. The van der Waals surface area contributed by atoms with E-state index in [1.807, 2.05) is 0 Å². The Bertz CT molecular complexity index is 696. The van der Waals surface area contributed by atoms with E-state index in [0.717, 1.165) is 24.6 Å². The lowest BCUT2D eigenvalue weighted by molar-refractivity contribution is 0.302. The quantitative estimate of drug-likeness (QED) is 0.335. The molecule has 0 spiro atoms. The Labute approximate surface area is 184 Å². The molecule has 0 unspecified atom stereocenters. The first kappa shape index (κ1) is 23.0. The minimum Gasteiger partial charge on any atom is -0.241 e. The van der Waals surface area contributed by atoms with E-state index in [4.69, 9.17) is 9.97 Å². The summed E-state index contributed by atoms with van der Waals surface area (Å²) in [5.74, 6) is 2.63. The molecule has 0 aliphatic heterocycles. The molecule has 1 aliphatic carbocycles. The summed E-state index contributed by atoms with van der Waals surface area (Å²) in [7, 11) is 0. The fourth-order valence-corrected chi connectivity index (χ4v) is 4.88. The second kappa shape index (κ2) is 12.9. The summed E-state index contributed by atoms with van der Waals surface area (Å²) in [5.41, 5.74) is 4.22. The van der Waals surface area contributed by atoms with Gasteiger partial charge in [0.05, 0.1) is 0 Å². The molecule has 0 amide bonds. The zero-order chi connectivity index (χ0) is 21.0. The average Bonchev–Trinajstić information content (AvgIpc) is 2.80. The molecule has 0 bridgehead atoms. The fraction of sp³-hybridized carbons (Fsp3) is 0.643. The maximum atomic E-state index is 4.70. The number of aryl methyl sites for hydroxylation is 3. The molecule has 1 fully saturated rings. The monoisotopic (exact) mass is 406 g/mol. The first-order valence-electron chi connectivity index (χ1n) is 12.7. The highest BCUT2D eigenvalue weighted by molar-refractivity contribution is 5.23. The summed E-state index contributed by atoms with van der Waals surface area (Å²) in [4.78, 5) is 9.41. The van der Waals surface area contributed by atoms with Crippen LogP contribution in [0.2, 0.25) is 0 Å². The van der Waals surface area contributed by atoms with Gasteiger partial charge in [-0.25, -0.2) is 9.97 Å². The number of benzene rings is 1. The fourth-order valence-electron chi connectivity index (χ4n) is 4.88. The van der Waals surface area contributed by atoms with Crippen molar-refractivity contribution in [2.75, 3.05) is 0 Å². The van der Waals surface area contributed by atoms with E-state index < -0.39 is 0 Å². The van der Waals surface area contributed by atoms with Crippen LogP contribution in [0, 0.1) is 5.92 Å². The molecule has 1 aliphatic rings. The van der Waals surface area contributed by atoms with Crippen LogP contribution in [-0.4, -0.2) is 9.97 Å². The van der Waals surface area contributed by atoms with Crippen molar-refractivity contribution in [3.63, 3.8) is 0 Å². The molecule has 0 N–H and O–H groups in total. The average molecular weight is 407 g/mol. The van der Waals surface area contributed by atoms with Crippen molar-refractivity contribution in [2.45, 2.75) is 110 Å². The van der Waals surface area contributed by atoms with E-state index in [-0.39, 0.29) is 0 Å². The maximum Gasteiger partial charge on any atom is 0.128 e. The van der Waals surface area contributed by atoms with Crippen molar-refractivity contribution >= 4 is 0 Å². The number of aromatic nitrogens is 2. The van der Waals surface area contributed by atoms with Crippen LogP contribution in [0.25, 0.3) is 0 Å². The lowest BCUT2D eigenvalue weighted by Gasteiger charge is -2.28. The van der Waals surface area contributed by atoms with Gasteiger partial charge in [0, 0.05) is 18.8 Å². The van der Waals surface area contributed by atoms with E-state index in [9.17, 15) is 0 Å². The van der Waals surface area contributed by atoms with Crippen LogP contribution < -0.4 is 0 Å². The van der Waals surface area contributed by atoms with E-state index >= 15 is 0 Å². The predicted molar refractivity (Wildman–Crippen MR) is 128 cm³/mol. The molecule has 1 aromatic carbocycles. The molecule has 1 saturated carbocycles. The molecule has 1 aromatic heterocycles. The van der Waals surface area contributed by atoms with Gasteiger partial charge in [0.25, 0.3) is 0 Å². The van der Waals surface area contributed by atoms with Gasteiger partial charge in [-0.15, -0.1) is 0 Å². The summed E-state index contributed by atoms with van der Waals surface area (Å²) in [6.07, 6.45) is 22.3. The molecular formula is C28H42N2. The number of rotatable bonds is 12. The van der Waals surface area contributed by atoms with Crippen LogP contribution >= 0.6 is 0 Å². The van der Waals surface area contributed by atoms with Crippen molar-refractivity contribution in [3.05, 3.63) is 59.2 Å². The van der Waals surface area contributed by atoms with Gasteiger partial charge in [-0.2, -0.15) is 0 Å². The van der Waals surface area contributed by atoms with E-state index in [1.165, 1.54) is 93.7 Å². The van der Waals surface area contributed by atoms with Crippen LogP contribution in [0.5, 0.6) is 0 Å². The Kier molecular flexibility index (Phi) is 9.86. The summed E-state index contributed by atoms with van der Waals surface area (Å²) < 4.78 is 0. The highest BCUT2D eigenvalue weighted by Crippen LogP contribution is 2.37. The van der Waals surface area contributed by atoms with Gasteiger partial charge in [-0.05, 0) is 73.5 Å². The SMILES string of the molecule is CCCCCc1ccc(CCc2ncc(C3CCC(CCCCC)CC3)cn2)cc1. The maximum absolute atomic E-state index is 4.70. The van der Waals surface area contributed by atoms with Gasteiger partial charge >= 0.3 is 0 Å². The molecule has 0 saturated heterocycles. The van der Waals surface area contributed by atoms with Crippen molar-refractivity contribution in [2.24, 2.45) is 5.92 Å². The van der Waals surface area contributed by atoms with Crippen LogP contribution in [0.15, 0.2) is 36.7 Å². The first-order valence-corrected chi connectivity index (χ1v) is 12.7. The third-order valence-corrected chi connectivity index (χ3v) is 6.99. The van der Waals surface area contributed by atoms with Crippen LogP contribution in [-0.2, 0) is 19.3 Å². The molecule has 164 valence electrons. The molecule has 2 nitrogen and oxygen atoms in total. The zero-order valence-corrected chi connectivity index (χ0v) is 19.4. The topological polar surface area (TPSA) is 25.8 Å². The summed E-state index contributed by atoms with van der Waals surface area (Å²) in [6.45, 7) is 4.56. The number of unbranched alkanes of at least 4 members (excludes halogenated alkanes) is 4. The Morgan fingerprint density at radius 1 is 0.700 bits per heavy atom. The summed E-state index contributed by atoms with van der Waals surface area (Å²) in [5, 5.41) is 0. The molecular weight excluding hydrogens is 364 g/mol. The normalized spacial score (nSPS) is 19.1. The van der Waals surface area contributed by atoms with E-state index in [1.54, 1.807) is 0 Å². The van der Waals surface area contributed by atoms with Gasteiger partial charge in [-0.3, -0.25) is 0 Å². The lowest BCUT2D eigenvalue weighted by atomic mass is 9.77. The summed E-state index contributed by atoms with van der Waals surface area (Å²) >= 11 is 0. The van der Waals surface area contributed by atoms with Gasteiger partial charge in [0.1, 0.15) is 5.82 Å². The van der Waals surface area contributed by atoms with Crippen molar-refractivity contribution in [1.82, 2.24) is 9.97 Å². The standard InChI is InChI=1S/C28H42N2/c1-3-5-7-9-23-11-13-25(14-12-23)17-20-28-29-21-27(22-30-28)26-18-15-24(16-19-26)10-8-6-4-2/h11-14,21-22,24,26H,3-10,15-20H2,1-2H3. The van der Waals surface area contributed by atoms with Crippen molar-refractivity contribution < 1.29 is 0 Å². The molecule has 0 radical (unpaired) electrons. The lowest BCUT2D eigenvalue weighted by Crippen LogP contribution is -2.14. The van der Waals surface area contributed by atoms with Gasteiger partial charge in [-0.1, -0.05) is 76.6 Å². The predicted octanol–water partition coefficient (Wildman–Crippen LogP) is 7.85. The van der Waals surface area contributed by atoms with E-state index in [2.05, 4.69) is 50.5 Å². The molecule has 3 rings (SSSR count). The second-order valence-electron chi connectivity index (χ2n) is 9.42. The highest BCUT2D eigenvalue weighted by Gasteiger charge is 2.22. The van der Waals surface area contributed by atoms with Crippen LogP contribution in [0.3, 0.4) is 0 Å². The number of hydrogen-bond acceptors (Lipinski definition) is 2. The smallest absolute Gasteiger partial charge is 0.128 e. The highest BCUT2D eigenvalue weighted by atomic mass is 14.9. The Morgan fingerprint density at radius 3 is 1.93 bits per heavy atom. The zero-order valence-electron chi connectivity index (χ0n) is 19.4. The second-order valence-corrected chi connectivity index (χ2v) is 9.42. The Morgan fingerprint density at radius 2 is 1.30 bits per heavy atom. The molecule has 2 heteroatoms. The molecule has 0 atom stereocenters. The van der Waals surface area contributed by atoms with Gasteiger partial charge in [0.2, 0.25) is 0 Å². The van der Waals surface area contributed by atoms with E-state index in [0.29, 0.717) is 5.92 Å². The number of hydrogen-bond donors (Lipinski definition) is 0. The van der Waals surface area contributed by atoms with Crippen molar-refractivity contribution in [1.29, 1.82) is 0 Å². The Balaban J connectivity index is 1.40. The van der Waals surface area contributed by atoms with Gasteiger partial charge in [0.15, 0.2) is 0 Å². The molecule has 1 heterocycles. The Hall–Kier alpha value is -1.70. The largest absolute Gasteiger partial charge is 0.241 e. The summed E-state index contributed by atoms with van der Waals surface area (Å²) in [6, 6.07) is 9.17. The molecule has 30 heavy (non-hydrogen) atoms. The number of nitrogens with zero attached hydrogens (tertiary/aromatic N) is 2.